The van der Waals surface area contributed by atoms with Crippen LogP contribution < -0.4 is 0 Å². The van der Waals surface area contributed by atoms with Gasteiger partial charge < -0.3 is 4.74 Å². The SMILES string of the molecule is COC(=O)c1ccc2nnc(-c3c(Cl)cccc3Cl)n2c1. The zero-order valence-corrected chi connectivity index (χ0v) is 12.4. The van der Waals surface area contributed by atoms with Gasteiger partial charge in [-0.15, -0.1) is 10.2 Å². The van der Waals surface area contributed by atoms with Gasteiger partial charge >= 0.3 is 5.97 Å². The number of hydrogen-bond donors (Lipinski definition) is 0. The summed E-state index contributed by atoms with van der Waals surface area (Å²) in [5, 5.41) is 9.07. The van der Waals surface area contributed by atoms with E-state index in [2.05, 4.69) is 10.2 Å². The van der Waals surface area contributed by atoms with Crippen LogP contribution in [-0.2, 0) is 4.74 Å². The second kappa shape index (κ2) is 5.35. The van der Waals surface area contributed by atoms with E-state index in [1.165, 1.54) is 7.11 Å². The minimum atomic E-state index is -0.443. The van der Waals surface area contributed by atoms with E-state index in [-0.39, 0.29) is 0 Å². The third-order valence-electron chi connectivity index (χ3n) is 3.01. The van der Waals surface area contributed by atoms with Crippen molar-refractivity contribution in [2.45, 2.75) is 0 Å². The van der Waals surface area contributed by atoms with E-state index in [9.17, 15) is 4.79 Å². The van der Waals surface area contributed by atoms with Gasteiger partial charge in [-0.3, -0.25) is 4.40 Å². The monoisotopic (exact) mass is 321 g/mol. The molecule has 106 valence electrons. The van der Waals surface area contributed by atoms with Crippen molar-refractivity contribution in [2.24, 2.45) is 0 Å². The molecule has 2 heterocycles. The summed E-state index contributed by atoms with van der Waals surface area (Å²) >= 11 is 12.4. The first-order chi connectivity index (χ1) is 10.1. The maximum Gasteiger partial charge on any atom is 0.339 e. The van der Waals surface area contributed by atoms with Gasteiger partial charge in [0.1, 0.15) is 0 Å². The van der Waals surface area contributed by atoms with Crippen molar-refractivity contribution in [1.29, 1.82) is 0 Å². The van der Waals surface area contributed by atoms with Gasteiger partial charge in [-0.2, -0.15) is 0 Å². The van der Waals surface area contributed by atoms with Gasteiger partial charge in [0.15, 0.2) is 11.5 Å². The Morgan fingerprint density at radius 3 is 2.52 bits per heavy atom. The highest BCUT2D eigenvalue weighted by Crippen LogP contribution is 2.33. The van der Waals surface area contributed by atoms with Crippen molar-refractivity contribution in [3.8, 4) is 11.4 Å². The highest BCUT2D eigenvalue weighted by molar-refractivity contribution is 6.39. The maximum atomic E-state index is 11.6. The highest BCUT2D eigenvalue weighted by atomic mass is 35.5. The zero-order chi connectivity index (χ0) is 15.0. The van der Waals surface area contributed by atoms with Gasteiger partial charge in [-0.1, -0.05) is 29.3 Å². The molecule has 21 heavy (non-hydrogen) atoms. The molecule has 3 aromatic rings. The fraction of sp³-hybridized carbons (Fsp3) is 0.0714. The molecule has 5 nitrogen and oxygen atoms in total. The molecular formula is C14H9Cl2N3O2. The average Bonchev–Trinajstić information content (AvgIpc) is 2.89. The zero-order valence-electron chi connectivity index (χ0n) is 10.9. The van der Waals surface area contributed by atoms with Gasteiger partial charge in [0.05, 0.1) is 28.3 Å². The predicted octanol–water partition coefficient (Wildman–Crippen LogP) is 3.49. The molecule has 0 radical (unpaired) electrons. The van der Waals surface area contributed by atoms with Crippen LogP contribution in [0.5, 0.6) is 0 Å². The number of ether oxygens (including phenoxy) is 1. The number of carbonyl (C=O) groups excluding carboxylic acids is 1. The fourth-order valence-electron chi connectivity index (χ4n) is 2.01. The smallest absolute Gasteiger partial charge is 0.339 e. The van der Waals surface area contributed by atoms with Crippen molar-refractivity contribution < 1.29 is 9.53 Å². The van der Waals surface area contributed by atoms with Gasteiger partial charge in [-0.25, -0.2) is 4.79 Å². The molecule has 7 heteroatoms. The molecule has 3 rings (SSSR count). The van der Waals surface area contributed by atoms with Crippen molar-refractivity contribution in [1.82, 2.24) is 14.6 Å². The quantitative estimate of drug-likeness (QED) is 0.678. The molecule has 0 saturated heterocycles. The first-order valence-corrected chi connectivity index (χ1v) is 6.75. The van der Waals surface area contributed by atoms with Gasteiger partial charge in [0.25, 0.3) is 0 Å². The lowest BCUT2D eigenvalue weighted by Gasteiger charge is -2.06. The molecule has 1 aromatic carbocycles. The Bertz CT molecular complexity index is 825. The van der Waals surface area contributed by atoms with E-state index >= 15 is 0 Å². The fourth-order valence-corrected chi connectivity index (χ4v) is 2.58. The molecule has 0 amide bonds. The van der Waals surface area contributed by atoms with E-state index in [0.29, 0.717) is 32.6 Å². The van der Waals surface area contributed by atoms with E-state index in [1.54, 1.807) is 40.9 Å². The lowest BCUT2D eigenvalue weighted by atomic mass is 10.2. The van der Waals surface area contributed by atoms with E-state index in [4.69, 9.17) is 27.9 Å². The molecule has 0 atom stereocenters. The number of methoxy groups -OCH3 is 1. The second-order valence-electron chi connectivity index (χ2n) is 4.26. The summed E-state index contributed by atoms with van der Waals surface area (Å²) in [4.78, 5) is 11.6. The number of nitrogens with zero attached hydrogens (tertiary/aromatic N) is 3. The normalized spacial score (nSPS) is 10.8. The van der Waals surface area contributed by atoms with E-state index in [0.717, 1.165) is 0 Å². The molecule has 0 spiro atoms. The number of halogens is 2. The summed E-state index contributed by atoms with van der Waals surface area (Å²) in [5.41, 5.74) is 1.53. The van der Waals surface area contributed by atoms with Crippen LogP contribution >= 0.6 is 23.2 Å². The number of pyridine rings is 1. The van der Waals surface area contributed by atoms with Crippen LogP contribution in [0.25, 0.3) is 17.0 Å². The minimum Gasteiger partial charge on any atom is -0.465 e. The van der Waals surface area contributed by atoms with Crippen molar-refractivity contribution >= 4 is 34.8 Å². The maximum absolute atomic E-state index is 11.6. The van der Waals surface area contributed by atoms with Gasteiger partial charge in [0.2, 0.25) is 0 Å². The third kappa shape index (κ3) is 2.34. The standard InChI is InChI=1S/C14H9Cl2N3O2/c1-21-14(20)8-5-6-11-17-18-13(19(11)7-8)12-9(15)3-2-4-10(12)16/h2-7H,1H3. The number of hydrogen-bond acceptors (Lipinski definition) is 4. The molecule has 0 fully saturated rings. The molecule has 0 aliphatic rings. The van der Waals surface area contributed by atoms with Crippen LogP contribution in [-0.4, -0.2) is 27.7 Å². The summed E-state index contributed by atoms with van der Waals surface area (Å²) in [6.45, 7) is 0. The molecule has 0 aliphatic carbocycles. The number of benzene rings is 1. The number of aromatic nitrogens is 3. The Morgan fingerprint density at radius 2 is 1.86 bits per heavy atom. The molecule has 0 unspecified atom stereocenters. The number of rotatable bonds is 2. The third-order valence-corrected chi connectivity index (χ3v) is 3.64. The lowest BCUT2D eigenvalue weighted by molar-refractivity contribution is 0.0600. The first kappa shape index (κ1) is 13.9. The van der Waals surface area contributed by atoms with E-state index in [1.807, 2.05) is 0 Å². The highest BCUT2D eigenvalue weighted by Gasteiger charge is 2.16. The minimum absolute atomic E-state index is 0.384. The molecule has 0 bridgehead atoms. The number of carbonyl (C=O) groups is 1. The van der Waals surface area contributed by atoms with Crippen LogP contribution in [0.4, 0.5) is 0 Å². The summed E-state index contributed by atoms with van der Waals surface area (Å²) in [6, 6.07) is 8.47. The largest absolute Gasteiger partial charge is 0.465 e. The Balaban J connectivity index is 2.26. The predicted molar refractivity (Wildman–Crippen MR) is 79.8 cm³/mol. The number of esters is 1. The molecule has 0 N–H and O–H groups in total. The summed E-state index contributed by atoms with van der Waals surface area (Å²) in [7, 11) is 1.32. The topological polar surface area (TPSA) is 56.5 Å². The van der Waals surface area contributed by atoms with Crippen molar-refractivity contribution in [2.75, 3.05) is 7.11 Å². The first-order valence-electron chi connectivity index (χ1n) is 5.99. The second-order valence-corrected chi connectivity index (χ2v) is 5.07. The molecule has 2 aromatic heterocycles. The summed E-state index contributed by atoms with van der Waals surface area (Å²) in [5.74, 6) is 0.0214. The van der Waals surface area contributed by atoms with Crippen LogP contribution in [0.2, 0.25) is 10.0 Å². The number of fused-ring (bicyclic) bond motifs is 1. The Kier molecular flexibility index (Phi) is 3.53. The molecule has 0 saturated carbocycles. The Morgan fingerprint density at radius 1 is 1.14 bits per heavy atom. The van der Waals surface area contributed by atoms with Crippen LogP contribution in [0, 0.1) is 0 Å². The van der Waals surface area contributed by atoms with Gasteiger partial charge in [-0.05, 0) is 24.3 Å². The van der Waals surface area contributed by atoms with Crippen molar-refractivity contribution in [3.05, 3.63) is 52.1 Å². The molecule has 0 aliphatic heterocycles. The Labute approximate surface area is 130 Å². The van der Waals surface area contributed by atoms with Crippen LogP contribution in [0.1, 0.15) is 10.4 Å². The Hall–Kier alpha value is -2.11. The average molecular weight is 322 g/mol. The summed E-state index contributed by atoms with van der Waals surface area (Å²) < 4.78 is 6.36. The molecular weight excluding hydrogens is 313 g/mol. The van der Waals surface area contributed by atoms with Crippen molar-refractivity contribution in [3.63, 3.8) is 0 Å². The summed E-state index contributed by atoms with van der Waals surface area (Å²) in [6.07, 6.45) is 1.59. The lowest BCUT2D eigenvalue weighted by Crippen LogP contribution is -2.03. The van der Waals surface area contributed by atoms with Gasteiger partial charge in [0, 0.05) is 6.20 Å². The van der Waals surface area contributed by atoms with E-state index < -0.39 is 5.97 Å². The van der Waals surface area contributed by atoms with Crippen LogP contribution in [0.15, 0.2) is 36.5 Å². The van der Waals surface area contributed by atoms with Crippen LogP contribution in [0.3, 0.4) is 0 Å².